The van der Waals surface area contributed by atoms with Crippen molar-refractivity contribution in [2.75, 3.05) is 19.7 Å². The lowest BCUT2D eigenvalue weighted by atomic mass is 9.94. The number of carboxylic acid groups (broad SMARTS) is 1. The number of rotatable bonds is 3. The number of ether oxygens (including phenoxy) is 1. The van der Waals surface area contributed by atoms with Gasteiger partial charge in [-0.2, -0.15) is 0 Å². The molecule has 2 heterocycles. The third-order valence-electron chi connectivity index (χ3n) is 4.58. The minimum absolute atomic E-state index is 0.00680. The van der Waals surface area contributed by atoms with Gasteiger partial charge < -0.3 is 14.7 Å². The maximum atomic E-state index is 12.5. The number of likely N-dealkylation sites (tertiary alicyclic amines) is 1. The largest absolute Gasteiger partial charge is 0.481 e. The number of hydrogen-bond acceptors (Lipinski definition) is 3. The molecule has 1 saturated heterocycles. The molecule has 1 amide bonds. The molecule has 1 fully saturated rings. The highest BCUT2D eigenvalue weighted by molar-refractivity contribution is 5.78. The Hall–Kier alpha value is -1.88. The number of hydrogen-bond donors (Lipinski definition) is 1. The van der Waals surface area contributed by atoms with Crippen LogP contribution in [0.1, 0.15) is 36.5 Å². The average Bonchev–Trinajstić information content (AvgIpc) is 2.55. The number of aliphatic carboxylic acids is 1. The molecular formula is C17H21NO4. The first-order valence-corrected chi connectivity index (χ1v) is 7.85. The summed E-state index contributed by atoms with van der Waals surface area (Å²) in [5.41, 5.74) is 2.34. The van der Waals surface area contributed by atoms with Gasteiger partial charge in [-0.1, -0.05) is 24.3 Å². The Bertz CT molecular complexity index is 572. The summed E-state index contributed by atoms with van der Waals surface area (Å²) >= 11 is 0. The minimum Gasteiger partial charge on any atom is -0.481 e. The molecule has 5 heteroatoms. The molecule has 0 bridgehead atoms. The van der Waals surface area contributed by atoms with Crippen LogP contribution in [0.5, 0.6) is 0 Å². The molecule has 0 saturated carbocycles. The van der Waals surface area contributed by atoms with Crippen molar-refractivity contribution in [2.45, 2.75) is 31.8 Å². The summed E-state index contributed by atoms with van der Waals surface area (Å²) in [5.74, 6) is -1.25. The number of fused-ring (bicyclic) bond motifs is 1. The van der Waals surface area contributed by atoms with Crippen LogP contribution in [-0.4, -0.2) is 41.6 Å². The lowest BCUT2D eigenvalue weighted by Crippen LogP contribution is -2.43. The highest BCUT2D eigenvalue weighted by atomic mass is 16.5. The van der Waals surface area contributed by atoms with Crippen LogP contribution in [0.15, 0.2) is 24.3 Å². The summed E-state index contributed by atoms with van der Waals surface area (Å²) in [4.78, 5) is 25.3. The zero-order valence-electron chi connectivity index (χ0n) is 12.5. The highest BCUT2D eigenvalue weighted by Gasteiger charge is 2.30. The summed E-state index contributed by atoms with van der Waals surface area (Å²) < 4.78 is 5.78. The van der Waals surface area contributed by atoms with Crippen LogP contribution in [-0.2, 0) is 20.7 Å². The predicted molar refractivity (Wildman–Crippen MR) is 80.4 cm³/mol. The monoisotopic (exact) mass is 303 g/mol. The Morgan fingerprint density at radius 1 is 1.32 bits per heavy atom. The molecule has 2 aliphatic rings. The summed E-state index contributed by atoms with van der Waals surface area (Å²) in [7, 11) is 0. The molecule has 5 nitrogen and oxygen atoms in total. The Balaban J connectivity index is 1.66. The van der Waals surface area contributed by atoms with Gasteiger partial charge in [-0.25, -0.2) is 0 Å². The van der Waals surface area contributed by atoms with Gasteiger partial charge in [0, 0.05) is 13.1 Å². The third kappa shape index (κ3) is 3.14. The summed E-state index contributed by atoms with van der Waals surface area (Å²) in [6, 6.07) is 8.07. The van der Waals surface area contributed by atoms with Gasteiger partial charge in [0.15, 0.2) is 0 Å². The van der Waals surface area contributed by atoms with Crippen LogP contribution < -0.4 is 0 Å². The molecule has 1 N–H and O–H groups in total. The van der Waals surface area contributed by atoms with E-state index in [4.69, 9.17) is 9.84 Å². The van der Waals surface area contributed by atoms with Crippen molar-refractivity contribution < 1.29 is 19.4 Å². The molecule has 118 valence electrons. The van der Waals surface area contributed by atoms with Gasteiger partial charge >= 0.3 is 5.97 Å². The number of carbonyl (C=O) groups excluding carboxylic acids is 1. The van der Waals surface area contributed by atoms with Crippen LogP contribution >= 0.6 is 0 Å². The van der Waals surface area contributed by atoms with Gasteiger partial charge in [-0.3, -0.25) is 9.59 Å². The summed E-state index contributed by atoms with van der Waals surface area (Å²) in [5, 5.41) is 9.13. The van der Waals surface area contributed by atoms with Crippen molar-refractivity contribution in [3.8, 4) is 0 Å². The van der Waals surface area contributed by atoms with E-state index in [1.54, 1.807) is 4.90 Å². The van der Waals surface area contributed by atoms with E-state index < -0.39 is 11.9 Å². The van der Waals surface area contributed by atoms with Gasteiger partial charge in [0.2, 0.25) is 5.91 Å². The van der Waals surface area contributed by atoms with E-state index in [9.17, 15) is 9.59 Å². The van der Waals surface area contributed by atoms with Crippen molar-refractivity contribution in [1.29, 1.82) is 0 Å². The molecule has 2 aliphatic heterocycles. The van der Waals surface area contributed by atoms with Crippen molar-refractivity contribution >= 4 is 11.9 Å². The van der Waals surface area contributed by atoms with E-state index in [0.717, 1.165) is 18.4 Å². The number of amides is 1. The second-order valence-electron chi connectivity index (χ2n) is 6.03. The normalized spacial score (nSPS) is 24.6. The van der Waals surface area contributed by atoms with Crippen LogP contribution in [0.3, 0.4) is 0 Å². The third-order valence-corrected chi connectivity index (χ3v) is 4.58. The van der Waals surface area contributed by atoms with E-state index in [-0.39, 0.29) is 12.0 Å². The van der Waals surface area contributed by atoms with Gasteiger partial charge in [-0.05, 0) is 30.4 Å². The number of piperidine rings is 1. The van der Waals surface area contributed by atoms with E-state index in [1.807, 2.05) is 18.2 Å². The molecule has 2 atom stereocenters. The lowest BCUT2D eigenvalue weighted by molar-refractivity contribution is -0.146. The van der Waals surface area contributed by atoms with Crippen LogP contribution in [0.25, 0.3) is 0 Å². The number of nitrogens with zero attached hydrogens (tertiary/aromatic N) is 1. The first-order chi connectivity index (χ1) is 10.6. The molecule has 22 heavy (non-hydrogen) atoms. The van der Waals surface area contributed by atoms with Gasteiger partial charge in [-0.15, -0.1) is 0 Å². The van der Waals surface area contributed by atoms with Crippen LogP contribution in [0, 0.1) is 5.92 Å². The SMILES string of the molecule is O=C(O)[C@H]1CCCN(C(=O)C[C@@H]2OCCc3ccccc32)C1. The van der Waals surface area contributed by atoms with E-state index >= 15 is 0 Å². The van der Waals surface area contributed by atoms with Crippen LogP contribution in [0.4, 0.5) is 0 Å². The van der Waals surface area contributed by atoms with Crippen LogP contribution in [0.2, 0.25) is 0 Å². The topological polar surface area (TPSA) is 66.8 Å². The van der Waals surface area contributed by atoms with Crippen molar-refractivity contribution in [3.05, 3.63) is 35.4 Å². The maximum absolute atomic E-state index is 12.5. The van der Waals surface area contributed by atoms with E-state index in [1.165, 1.54) is 5.56 Å². The number of carboxylic acids is 1. The predicted octanol–water partition coefficient (Wildman–Crippen LogP) is 2.01. The second kappa shape index (κ2) is 6.48. The highest BCUT2D eigenvalue weighted by Crippen LogP contribution is 2.30. The minimum atomic E-state index is -0.809. The maximum Gasteiger partial charge on any atom is 0.308 e. The number of benzene rings is 1. The molecule has 1 aromatic carbocycles. The Kier molecular flexibility index (Phi) is 4.43. The fourth-order valence-corrected chi connectivity index (χ4v) is 3.34. The molecule has 0 aromatic heterocycles. The fourth-order valence-electron chi connectivity index (χ4n) is 3.34. The average molecular weight is 303 g/mol. The van der Waals surface area contributed by atoms with E-state index in [2.05, 4.69) is 6.07 Å². The molecule has 3 rings (SSSR count). The molecule has 1 aromatic rings. The molecule has 0 unspecified atom stereocenters. The zero-order valence-corrected chi connectivity index (χ0v) is 12.5. The first-order valence-electron chi connectivity index (χ1n) is 7.85. The number of carbonyl (C=O) groups is 2. The van der Waals surface area contributed by atoms with Gasteiger partial charge in [0.05, 0.1) is 25.0 Å². The molecule has 0 radical (unpaired) electrons. The second-order valence-corrected chi connectivity index (χ2v) is 6.03. The smallest absolute Gasteiger partial charge is 0.308 e. The van der Waals surface area contributed by atoms with Gasteiger partial charge in [0.1, 0.15) is 0 Å². The fraction of sp³-hybridized carbons (Fsp3) is 0.529. The zero-order chi connectivity index (χ0) is 15.5. The quantitative estimate of drug-likeness (QED) is 0.927. The molecular weight excluding hydrogens is 282 g/mol. The Morgan fingerprint density at radius 3 is 2.95 bits per heavy atom. The first kappa shape index (κ1) is 15.0. The summed E-state index contributed by atoms with van der Waals surface area (Å²) in [6.45, 7) is 1.60. The molecule has 0 spiro atoms. The molecule has 0 aliphatic carbocycles. The van der Waals surface area contributed by atoms with E-state index in [0.29, 0.717) is 32.5 Å². The van der Waals surface area contributed by atoms with Crippen molar-refractivity contribution in [2.24, 2.45) is 5.92 Å². The Labute approximate surface area is 129 Å². The lowest BCUT2D eigenvalue weighted by Gasteiger charge is -2.33. The Morgan fingerprint density at radius 2 is 2.14 bits per heavy atom. The standard InChI is InChI=1S/C17H21NO4/c19-16(18-8-3-5-13(11-18)17(20)21)10-15-14-6-2-1-4-12(14)7-9-22-15/h1-2,4,6,13,15H,3,5,7-11H2,(H,20,21)/t13-,15-/m0/s1. The van der Waals surface area contributed by atoms with Crippen molar-refractivity contribution in [1.82, 2.24) is 4.90 Å². The summed E-state index contributed by atoms with van der Waals surface area (Å²) in [6.07, 6.45) is 2.38. The van der Waals surface area contributed by atoms with Crippen molar-refractivity contribution in [3.63, 3.8) is 0 Å². The van der Waals surface area contributed by atoms with Gasteiger partial charge in [0.25, 0.3) is 0 Å².